The lowest BCUT2D eigenvalue weighted by molar-refractivity contribution is 0.0839. The summed E-state index contributed by atoms with van der Waals surface area (Å²) in [4.78, 5) is 12.6. The lowest BCUT2D eigenvalue weighted by atomic mass is 9.78. The molecule has 0 radical (unpaired) electrons. The molecular formula is C15H19BrO2. The van der Waals surface area contributed by atoms with Crippen LogP contribution in [0.3, 0.4) is 0 Å². The fourth-order valence-electron chi connectivity index (χ4n) is 2.83. The van der Waals surface area contributed by atoms with Crippen molar-refractivity contribution in [1.82, 2.24) is 0 Å². The number of hydrogen-bond donors (Lipinski definition) is 0. The summed E-state index contributed by atoms with van der Waals surface area (Å²) in [6.45, 7) is 4.39. The van der Waals surface area contributed by atoms with E-state index in [9.17, 15) is 4.79 Å². The molecule has 1 saturated carbocycles. The number of halogens is 1. The average molecular weight is 311 g/mol. The van der Waals surface area contributed by atoms with Crippen LogP contribution >= 0.6 is 15.9 Å². The third-order valence-corrected chi connectivity index (χ3v) is 4.63. The van der Waals surface area contributed by atoms with Gasteiger partial charge in [0, 0.05) is 11.5 Å². The van der Waals surface area contributed by atoms with Crippen LogP contribution in [0.1, 0.15) is 43.5 Å². The highest BCUT2D eigenvalue weighted by Gasteiger charge is 2.39. The van der Waals surface area contributed by atoms with Gasteiger partial charge in [-0.05, 0) is 52.4 Å². The Balaban J connectivity index is 2.27. The lowest BCUT2D eigenvalue weighted by Gasteiger charge is -2.25. The maximum absolute atomic E-state index is 12.6. The highest BCUT2D eigenvalue weighted by molar-refractivity contribution is 9.10. The standard InChI is InChI=1S/C15H19BrO2/c1-15(2)8-4-5-11(15)14(17)10-6-7-13(18-3)12(16)9-10/h6-7,9,11H,4-5,8H2,1-3H3. The van der Waals surface area contributed by atoms with Crippen LogP contribution in [0.25, 0.3) is 0 Å². The lowest BCUT2D eigenvalue weighted by Crippen LogP contribution is -2.25. The zero-order valence-electron chi connectivity index (χ0n) is 11.1. The van der Waals surface area contributed by atoms with Gasteiger partial charge in [0.15, 0.2) is 5.78 Å². The number of ketones is 1. The highest BCUT2D eigenvalue weighted by Crippen LogP contribution is 2.44. The maximum Gasteiger partial charge on any atom is 0.166 e. The Morgan fingerprint density at radius 1 is 1.44 bits per heavy atom. The molecule has 0 bridgehead atoms. The zero-order chi connectivity index (χ0) is 13.3. The summed E-state index contributed by atoms with van der Waals surface area (Å²) in [6, 6.07) is 5.58. The van der Waals surface area contributed by atoms with E-state index in [1.54, 1.807) is 7.11 Å². The summed E-state index contributed by atoms with van der Waals surface area (Å²) in [5, 5.41) is 0. The Morgan fingerprint density at radius 3 is 2.67 bits per heavy atom. The van der Waals surface area contributed by atoms with Crippen molar-refractivity contribution in [2.45, 2.75) is 33.1 Å². The summed E-state index contributed by atoms with van der Waals surface area (Å²) in [6.07, 6.45) is 3.30. The molecule has 0 heterocycles. The van der Waals surface area contributed by atoms with E-state index in [-0.39, 0.29) is 17.1 Å². The molecule has 1 aromatic rings. The molecule has 3 heteroatoms. The summed E-state index contributed by atoms with van der Waals surface area (Å²) in [7, 11) is 1.63. The van der Waals surface area contributed by atoms with Gasteiger partial charge in [0.1, 0.15) is 5.75 Å². The van der Waals surface area contributed by atoms with E-state index in [0.717, 1.165) is 35.0 Å². The molecular weight excluding hydrogens is 292 g/mol. The van der Waals surface area contributed by atoms with Gasteiger partial charge in [0.25, 0.3) is 0 Å². The normalized spacial score (nSPS) is 21.9. The highest BCUT2D eigenvalue weighted by atomic mass is 79.9. The molecule has 2 nitrogen and oxygen atoms in total. The Kier molecular flexibility index (Phi) is 3.81. The number of carbonyl (C=O) groups is 1. The van der Waals surface area contributed by atoms with E-state index in [2.05, 4.69) is 29.8 Å². The summed E-state index contributed by atoms with van der Waals surface area (Å²) in [5.74, 6) is 1.18. The first kappa shape index (κ1) is 13.6. The summed E-state index contributed by atoms with van der Waals surface area (Å²) < 4.78 is 6.03. The Bertz CT molecular complexity index is 466. The van der Waals surface area contributed by atoms with E-state index in [1.165, 1.54) is 0 Å². The summed E-state index contributed by atoms with van der Waals surface area (Å²) in [5.41, 5.74) is 0.909. The zero-order valence-corrected chi connectivity index (χ0v) is 12.7. The first-order chi connectivity index (χ1) is 8.45. The first-order valence-corrected chi connectivity index (χ1v) is 7.13. The average Bonchev–Trinajstić information content (AvgIpc) is 2.68. The van der Waals surface area contributed by atoms with Crippen molar-refractivity contribution in [1.29, 1.82) is 0 Å². The number of hydrogen-bond acceptors (Lipinski definition) is 2. The van der Waals surface area contributed by atoms with Gasteiger partial charge in [-0.25, -0.2) is 0 Å². The largest absolute Gasteiger partial charge is 0.496 e. The van der Waals surface area contributed by atoms with Crippen LogP contribution in [0.5, 0.6) is 5.75 Å². The van der Waals surface area contributed by atoms with Gasteiger partial charge in [-0.15, -0.1) is 0 Å². The van der Waals surface area contributed by atoms with Gasteiger partial charge in [0.05, 0.1) is 11.6 Å². The van der Waals surface area contributed by atoms with Crippen LogP contribution in [-0.2, 0) is 0 Å². The second-order valence-corrected chi connectivity index (χ2v) is 6.50. The van der Waals surface area contributed by atoms with Crippen molar-refractivity contribution in [2.24, 2.45) is 11.3 Å². The van der Waals surface area contributed by atoms with E-state index < -0.39 is 0 Å². The van der Waals surface area contributed by atoms with Gasteiger partial charge >= 0.3 is 0 Å². The van der Waals surface area contributed by atoms with Crippen molar-refractivity contribution in [3.63, 3.8) is 0 Å². The van der Waals surface area contributed by atoms with E-state index in [1.807, 2.05) is 18.2 Å². The molecule has 1 aromatic carbocycles. The number of ether oxygens (including phenoxy) is 1. The Labute approximate surface area is 117 Å². The molecule has 1 atom stereocenters. The van der Waals surface area contributed by atoms with E-state index in [4.69, 9.17) is 4.74 Å². The van der Waals surface area contributed by atoms with Crippen molar-refractivity contribution in [3.05, 3.63) is 28.2 Å². The van der Waals surface area contributed by atoms with Gasteiger partial charge in [-0.2, -0.15) is 0 Å². The number of carbonyl (C=O) groups excluding carboxylic acids is 1. The minimum Gasteiger partial charge on any atom is -0.496 e. The second-order valence-electron chi connectivity index (χ2n) is 5.65. The second kappa shape index (κ2) is 5.04. The van der Waals surface area contributed by atoms with Crippen molar-refractivity contribution >= 4 is 21.7 Å². The smallest absolute Gasteiger partial charge is 0.166 e. The minimum atomic E-state index is 0.128. The molecule has 18 heavy (non-hydrogen) atoms. The Morgan fingerprint density at radius 2 is 2.17 bits per heavy atom. The fraction of sp³-hybridized carbons (Fsp3) is 0.533. The molecule has 1 aliphatic carbocycles. The third-order valence-electron chi connectivity index (χ3n) is 4.01. The maximum atomic E-state index is 12.6. The van der Waals surface area contributed by atoms with E-state index >= 15 is 0 Å². The van der Waals surface area contributed by atoms with Gasteiger partial charge in [-0.3, -0.25) is 4.79 Å². The first-order valence-electron chi connectivity index (χ1n) is 6.33. The van der Waals surface area contributed by atoms with Crippen molar-refractivity contribution in [2.75, 3.05) is 7.11 Å². The molecule has 1 aliphatic rings. The minimum absolute atomic E-state index is 0.128. The predicted molar refractivity (Wildman–Crippen MR) is 76.1 cm³/mol. The monoisotopic (exact) mass is 310 g/mol. The van der Waals surface area contributed by atoms with Crippen LogP contribution < -0.4 is 4.74 Å². The molecule has 98 valence electrons. The van der Waals surface area contributed by atoms with Gasteiger partial charge in [0.2, 0.25) is 0 Å². The van der Waals surface area contributed by atoms with Crippen molar-refractivity contribution < 1.29 is 9.53 Å². The van der Waals surface area contributed by atoms with Crippen LogP contribution in [0.4, 0.5) is 0 Å². The molecule has 0 aliphatic heterocycles. The molecule has 2 rings (SSSR count). The van der Waals surface area contributed by atoms with E-state index in [0.29, 0.717) is 0 Å². The third kappa shape index (κ3) is 2.46. The summed E-state index contributed by atoms with van der Waals surface area (Å²) >= 11 is 3.44. The molecule has 0 saturated heterocycles. The van der Waals surface area contributed by atoms with Gasteiger partial charge < -0.3 is 4.74 Å². The van der Waals surface area contributed by atoms with Crippen LogP contribution in [0, 0.1) is 11.3 Å². The Hall–Kier alpha value is -0.830. The number of rotatable bonds is 3. The predicted octanol–water partition coefficient (Wildman–Crippen LogP) is 4.47. The SMILES string of the molecule is COc1ccc(C(=O)C2CCCC2(C)C)cc1Br. The topological polar surface area (TPSA) is 26.3 Å². The molecule has 0 amide bonds. The molecule has 0 N–H and O–H groups in total. The number of methoxy groups -OCH3 is 1. The number of Topliss-reactive ketones (excluding diaryl/α,β-unsaturated/α-hetero) is 1. The molecule has 0 aromatic heterocycles. The van der Waals surface area contributed by atoms with Crippen LogP contribution in [-0.4, -0.2) is 12.9 Å². The molecule has 0 spiro atoms. The quantitative estimate of drug-likeness (QED) is 0.770. The molecule has 1 unspecified atom stereocenters. The fourth-order valence-corrected chi connectivity index (χ4v) is 3.37. The van der Waals surface area contributed by atoms with Crippen LogP contribution in [0.15, 0.2) is 22.7 Å². The number of benzene rings is 1. The van der Waals surface area contributed by atoms with Crippen molar-refractivity contribution in [3.8, 4) is 5.75 Å². The molecule has 1 fully saturated rings. The van der Waals surface area contributed by atoms with Gasteiger partial charge in [-0.1, -0.05) is 20.3 Å². The van der Waals surface area contributed by atoms with Crippen LogP contribution in [0.2, 0.25) is 0 Å².